The van der Waals surface area contributed by atoms with Crippen molar-refractivity contribution in [1.29, 1.82) is 0 Å². The van der Waals surface area contributed by atoms with Crippen molar-refractivity contribution in [2.24, 2.45) is 0 Å². The maximum atomic E-state index is 15.8. The van der Waals surface area contributed by atoms with E-state index in [0.29, 0.717) is 0 Å². The number of nitrogens with zero attached hydrogens (tertiary/aromatic N) is 1. The fraction of sp³-hybridized carbons (Fsp3) is 0. The monoisotopic (exact) mass is 757 g/mol. The Morgan fingerprint density at radius 3 is 1.80 bits per heavy atom. The molecule has 0 fully saturated rings. The van der Waals surface area contributed by atoms with E-state index in [9.17, 15) is 0 Å². The minimum absolute atomic E-state index is 0. The molecule has 1 atom stereocenters. The van der Waals surface area contributed by atoms with Crippen LogP contribution in [0.1, 0.15) is 0 Å². The van der Waals surface area contributed by atoms with Gasteiger partial charge < -0.3 is 4.57 Å². The molecule has 6 aromatic carbocycles. The third kappa shape index (κ3) is 3.77. The van der Waals surface area contributed by atoms with Gasteiger partial charge in [0.25, 0.3) is 0 Å². The summed E-state index contributed by atoms with van der Waals surface area (Å²) in [6.07, 6.45) is 0. The second-order valence-electron chi connectivity index (χ2n) is 10.3. The maximum Gasteiger partial charge on any atom is 0.139 e. The van der Waals surface area contributed by atoms with E-state index in [0.717, 1.165) is 79.2 Å². The first-order chi connectivity index (χ1) is 19.6. The smallest absolute Gasteiger partial charge is 0.139 e. The van der Waals surface area contributed by atoms with Gasteiger partial charge in [-0.2, -0.15) is 0 Å². The summed E-state index contributed by atoms with van der Waals surface area (Å²) >= 11 is 3.41. The number of fused-ring (bicyclic) bond motifs is 7. The van der Waals surface area contributed by atoms with Crippen LogP contribution in [0, 0.1) is 6.07 Å². The van der Waals surface area contributed by atoms with Gasteiger partial charge in [0.2, 0.25) is 0 Å². The topological polar surface area (TPSA) is 30.0 Å². The minimum atomic E-state index is -3.17. The largest absolute Gasteiger partial charge is 0.318 e. The average molecular weight is 757 g/mol. The molecule has 1 radical (unpaired) electrons. The summed E-state index contributed by atoms with van der Waals surface area (Å²) in [5.41, 5.74) is 2.77. The van der Waals surface area contributed by atoms with Gasteiger partial charge in [0.05, 0.1) is 5.52 Å². The van der Waals surface area contributed by atoms with Gasteiger partial charge in [-0.05, 0) is 68.3 Å². The molecule has 197 valence electrons. The van der Waals surface area contributed by atoms with Crippen molar-refractivity contribution in [2.45, 2.75) is 19.6 Å². The Labute approximate surface area is 259 Å². The van der Waals surface area contributed by atoms with Crippen molar-refractivity contribution >= 4 is 79.0 Å². The Kier molecular flexibility index (Phi) is 5.87. The molecule has 0 amide bonds. The summed E-state index contributed by atoms with van der Waals surface area (Å²) in [4.78, 5) is 9.07. The zero-order chi connectivity index (χ0) is 26.4. The molecule has 2 aliphatic heterocycles. The van der Waals surface area contributed by atoms with E-state index >= 15 is 4.57 Å². The molecule has 7 aromatic rings. The molecule has 9 rings (SSSR count). The predicted molar refractivity (Wildman–Crippen MR) is 169 cm³/mol. The van der Waals surface area contributed by atoms with Gasteiger partial charge in [-0.1, -0.05) is 88.7 Å². The van der Waals surface area contributed by atoms with Gasteiger partial charge >= 0.3 is 0 Å². The molecule has 2 nitrogen and oxygen atoms in total. The fourth-order valence-electron chi connectivity index (χ4n) is 6.00. The molecule has 0 bridgehead atoms. The van der Waals surface area contributed by atoms with Gasteiger partial charge in [-0.3, -0.25) is 4.98 Å². The number of hydrogen-bond donors (Lipinski definition) is 0. The third-order valence-electron chi connectivity index (χ3n) is 7.93. The number of hydrogen-bond acceptors (Lipinski definition) is 4. The molecule has 0 N–H and O–H groups in total. The summed E-state index contributed by atoms with van der Waals surface area (Å²) in [6, 6.07) is 43.7. The number of benzene rings is 6. The molecule has 0 aliphatic carbocycles. The van der Waals surface area contributed by atoms with Gasteiger partial charge in [0.15, 0.2) is 0 Å². The molecule has 1 unspecified atom stereocenters. The van der Waals surface area contributed by atoms with Crippen LogP contribution in [-0.2, 0) is 24.7 Å². The van der Waals surface area contributed by atoms with E-state index in [2.05, 4.69) is 103 Å². The van der Waals surface area contributed by atoms with Gasteiger partial charge in [0, 0.05) is 40.5 Å². The van der Waals surface area contributed by atoms with Crippen LogP contribution in [0.3, 0.4) is 0 Å². The van der Waals surface area contributed by atoms with Crippen LogP contribution in [0.4, 0.5) is 0 Å². The van der Waals surface area contributed by atoms with E-state index < -0.39 is 7.14 Å². The number of pyridine rings is 1. The van der Waals surface area contributed by atoms with Crippen LogP contribution < -0.4 is 15.9 Å². The van der Waals surface area contributed by atoms with Crippen molar-refractivity contribution in [1.82, 2.24) is 4.98 Å². The van der Waals surface area contributed by atoms with Crippen LogP contribution in [-0.4, -0.2) is 4.98 Å². The van der Waals surface area contributed by atoms with Crippen LogP contribution in [0.2, 0.25) is 0 Å². The summed E-state index contributed by atoms with van der Waals surface area (Å²) in [6.45, 7) is 0. The summed E-state index contributed by atoms with van der Waals surface area (Å²) in [5, 5.41) is 8.46. The van der Waals surface area contributed by atoms with Crippen molar-refractivity contribution < 1.29 is 24.7 Å². The summed E-state index contributed by atoms with van der Waals surface area (Å²) in [5.74, 6) is 0. The SMILES string of the molecule is O=P12c3cc4ccccc4cc3Sc3[c-]c(-c4ccc5ccccc5n4)cc(c31)Sc1cc3ccccc3cc12.[Ir]. The maximum absolute atomic E-state index is 15.8. The average Bonchev–Trinajstić information content (AvgIpc) is 2.99. The van der Waals surface area contributed by atoms with E-state index in [-0.39, 0.29) is 20.1 Å². The minimum Gasteiger partial charge on any atom is -0.318 e. The van der Waals surface area contributed by atoms with Gasteiger partial charge in [-0.25, -0.2) is 0 Å². The Morgan fingerprint density at radius 1 is 0.585 bits per heavy atom. The first-order valence-corrected chi connectivity index (χ1v) is 16.5. The summed E-state index contributed by atoms with van der Waals surface area (Å²) < 4.78 is 15.8. The molecule has 6 heteroatoms. The Balaban J connectivity index is 0.00000256. The van der Waals surface area contributed by atoms with E-state index in [4.69, 9.17) is 4.98 Å². The molecule has 0 spiro atoms. The third-order valence-corrected chi connectivity index (χ3v) is 13.9. The van der Waals surface area contributed by atoms with Crippen molar-refractivity contribution in [3.05, 3.63) is 121 Å². The van der Waals surface area contributed by atoms with E-state index in [1.165, 1.54) is 0 Å². The molecule has 3 heterocycles. The molecular formula is C35H19IrNOPS2-. The number of aromatic nitrogens is 1. The molecule has 0 saturated carbocycles. The molecule has 2 aliphatic rings. The second kappa shape index (κ2) is 9.42. The van der Waals surface area contributed by atoms with Gasteiger partial charge in [-0.15, -0.1) is 41.2 Å². The van der Waals surface area contributed by atoms with Crippen LogP contribution in [0.15, 0.2) is 135 Å². The zero-order valence-corrected chi connectivity index (χ0v) is 26.3. The Bertz CT molecular complexity index is 2170. The molecule has 0 saturated heterocycles. The van der Waals surface area contributed by atoms with Crippen molar-refractivity contribution in [2.75, 3.05) is 0 Å². The van der Waals surface area contributed by atoms with Crippen molar-refractivity contribution in [3.63, 3.8) is 0 Å². The molecule has 1 aromatic heterocycles. The van der Waals surface area contributed by atoms with Crippen LogP contribution >= 0.6 is 30.7 Å². The quantitative estimate of drug-likeness (QED) is 0.124. The van der Waals surface area contributed by atoms with E-state index in [1.807, 2.05) is 18.2 Å². The number of para-hydroxylation sites is 1. The normalized spacial score (nSPS) is 16.6. The van der Waals surface area contributed by atoms with E-state index in [1.54, 1.807) is 23.5 Å². The Morgan fingerprint density at radius 2 is 1.15 bits per heavy atom. The number of rotatable bonds is 1. The first-order valence-electron chi connectivity index (χ1n) is 13.1. The van der Waals surface area contributed by atoms with Gasteiger partial charge in [0.1, 0.15) is 7.14 Å². The fourth-order valence-corrected chi connectivity index (χ4v) is 12.9. The first kappa shape index (κ1) is 25.5. The van der Waals surface area contributed by atoms with Crippen LogP contribution in [0.25, 0.3) is 43.7 Å². The Hall–Kier alpha value is -3.17. The molecular weight excluding hydrogens is 738 g/mol. The van der Waals surface area contributed by atoms with Crippen molar-refractivity contribution in [3.8, 4) is 11.3 Å². The predicted octanol–water partition coefficient (Wildman–Crippen LogP) is 8.57. The standard InChI is InChI=1S/C35H19NOPS2.Ir/c37-38-29-15-22-8-1-3-10-24(22)17-31(29)39-33-19-26(28-14-13-21-7-5-6-12-27(21)36-28)20-34(35(33)38)40-32-18-25-11-4-2-9-23(25)16-30(32)38;/h1-19H;/q-1;. The van der Waals surface area contributed by atoms with Crippen LogP contribution in [0.5, 0.6) is 0 Å². The second-order valence-corrected chi connectivity index (χ2v) is 15.0. The molecule has 41 heavy (non-hydrogen) atoms. The zero-order valence-electron chi connectivity index (χ0n) is 21.4. The summed E-state index contributed by atoms with van der Waals surface area (Å²) in [7, 11) is -3.17.